The Bertz CT molecular complexity index is 607. The molecular weight excluding hydrogens is 256 g/mol. The van der Waals surface area contributed by atoms with Crippen molar-refractivity contribution < 1.29 is 4.79 Å². The predicted octanol–water partition coefficient (Wildman–Crippen LogP) is 0.412. The molecule has 0 fully saturated rings. The van der Waals surface area contributed by atoms with Crippen LogP contribution in [0.3, 0.4) is 0 Å². The fraction of sp³-hybridized carbons (Fsp3) is 0.308. The second-order valence-corrected chi connectivity index (χ2v) is 4.42. The third-order valence-electron chi connectivity index (χ3n) is 3.01. The van der Waals surface area contributed by atoms with Gasteiger partial charge in [0.2, 0.25) is 0 Å². The van der Waals surface area contributed by atoms with Crippen molar-refractivity contribution >= 4 is 17.3 Å². The quantitative estimate of drug-likeness (QED) is 0.686. The van der Waals surface area contributed by atoms with Gasteiger partial charge in [-0.1, -0.05) is 0 Å². The third-order valence-corrected chi connectivity index (χ3v) is 3.01. The number of nitrogen functional groups attached to an aromatic ring is 1. The van der Waals surface area contributed by atoms with Gasteiger partial charge in [-0.2, -0.15) is 0 Å². The lowest BCUT2D eigenvalue weighted by Gasteiger charge is -2.10. The summed E-state index contributed by atoms with van der Waals surface area (Å²) in [6, 6.07) is 5.19. The maximum Gasteiger partial charge on any atom is 0.251 e. The average molecular weight is 274 g/mol. The fourth-order valence-corrected chi connectivity index (χ4v) is 1.85. The highest BCUT2D eigenvalue weighted by molar-refractivity contribution is 5.95. The predicted molar refractivity (Wildman–Crippen MR) is 77.4 cm³/mol. The maximum absolute atomic E-state index is 11.5. The van der Waals surface area contributed by atoms with E-state index in [1.54, 1.807) is 31.6 Å². The van der Waals surface area contributed by atoms with E-state index < -0.39 is 0 Å². The van der Waals surface area contributed by atoms with Gasteiger partial charge in [0.15, 0.2) is 0 Å². The Labute approximate surface area is 117 Å². The van der Waals surface area contributed by atoms with Crippen molar-refractivity contribution in [2.24, 2.45) is 7.05 Å². The van der Waals surface area contributed by atoms with Gasteiger partial charge in [-0.3, -0.25) is 4.79 Å². The van der Waals surface area contributed by atoms with Crippen LogP contribution in [-0.4, -0.2) is 34.3 Å². The SMILES string of the molecule is CNC(=O)c1ccc(NCCc2nncn2C)c(N)c1. The fourth-order valence-electron chi connectivity index (χ4n) is 1.85. The first-order chi connectivity index (χ1) is 9.61. The van der Waals surface area contributed by atoms with Crippen LogP contribution < -0.4 is 16.4 Å². The molecule has 1 aromatic carbocycles. The molecule has 0 atom stereocenters. The van der Waals surface area contributed by atoms with Crippen molar-refractivity contribution in [3.63, 3.8) is 0 Å². The van der Waals surface area contributed by atoms with Gasteiger partial charge in [0.1, 0.15) is 12.2 Å². The Morgan fingerprint density at radius 1 is 1.45 bits per heavy atom. The monoisotopic (exact) mass is 274 g/mol. The number of hydrogen-bond donors (Lipinski definition) is 3. The molecule has 0 spiro atoms. The first kappa shape index (κ1) is 13.9. The van der Waals surface area contributed by atoms with Crippen molar-refractivity contribution in [1.82, 2.24) is 20.1 Å². The number of nitrogens with zero attached hydrogens (tertiary/aromatic N) is 3. The molecule has 2 rings (SSSR count). The molecule has 2 aromatic rings. The number of amides is 1. The Morgan fingerprint density at radius 2 is 2.25 bits per heavy atom. The number of carbonyl (C=O) groups excluding carboxylic acids is 1. The topological polar surface area (TPSA) is 97.9 Å². The van der Waals surface area contributed by atoms with Crippen molar-refractivity contribution in [3.05, 3.63) is 35.9 Å². The summed E-state index contributed by atoms with van der Waals surface area (Å²) in [7, 11) is 3.49. The van der Waals surface area contributed by atoms with Gasteiger partial charge >= 0.3 is 0 Å². The van der Waals surface area contributed by atoms with Crippen LogP contribution in [0.15, 0.2) is 24.5 Å². The minimum absolute atomic E-state index is 0.151. The molecule has 0 aliphatic carbocycles. The van der Waals surface area contributed by atoms with E-state index in [0.717, 1.165) is 17.9 Å². The second-order valence-electron chi connectivity index (χ2n) is 4.42. The van der Waals surface area contributed by atoms with Crippen LogP contribution in [0.5, 0.6) is 0 Å². The number of anilines is 2. The van der Waals surface area contributed by atoms with Crippen molar-refractivity contribution in [3.8, 4) is 0 Å². The molecule has 1 amide bonds. The highest BCUT2D eigenvalue weighted by Gasteiger charge is 2.06. The summed E-state index contributed by atoms with van der Waals surface area (Å²) in [6.07, 6.45) is 2.41. The molecule has 0 unspecified atom stereocenters. The zero-order chi connectivity index (χ0) is 14.5. The Balaban J connectivity index is 1.96. The third kappa shape index (κ3) is 3.05. The minimum Gasteiger partial charge on any atom is -0.397 e. The molecule has 0 aliphatic rings. The maximum atomic E-state index is 11.5. The van der Waals surface area contributed by atoms with Crippen LogP contribution in [0, 0.1) is 0 Å². The Morgan fingerprint density at radius 3 is 2.85 bits per heavy atom. The van der Waals surface area contributed by atoms with E-state index in [0.29, 0.717) is 17.8 Å². The number of nitrogens with one attached hydrogen (secondary N) is 2. The number of aryl methyl sites for hydroxylation is 1. The lowest BCUT2D eigenvalue weighted by Crippen LogP contribution is -2.18. The zero-order valence-corrected chi connectivity index (χ0v) is 11.6. The molecule has 7 nitrogen and oxygen atoms in total. The van der Waals surface area contributed by atoms with Crippen LogP contribution in [0.2, 0.25) is 0 Å². The number of hydrogen-bond acceptors (Lipinski definition) is 5. The van der Waals surface area contributed by atoms with Gasteiger partial charge in [0, 0.05) is 32.6 Å². The van der Waals surface area contributed by atoms with Gasteiger partial charge in [-0.05, 0) is 18.2 Å². The largest absolute Gasteiger partial charge is 0.397 e. The molecule has 0 aliphatic heterocycles. The minimum atomic E-state index is -0.151. The normalized spacial score (nSPS) is 10.3. The molecule has 0 bridgehead atoms. The summed E-state index contributed by atoms with van der Waals surface area (Å²) in [6.45, 7) is 0.691. The first-order valence-corrected chi connectivity index (χ1v) is 6.30. The van der Waals surface area contributed by atoms with E-state index in [1.807, 2.05) is 11.6 Å². The van der Waals surface area contributed by atoms with Crippen LogP contribution in [0.4, 0.5) is 11.4 Å². The number of benzene rings is 1. The zero-order valence-electron chi connectivity index (χ0n) is 11.6. The van der Waals surface area contributed by atoms with E-state index in [4.69, 9.17) is 5.73 Å². The molecule has 7 heteroatoms. The van der Waals surface area contributed by atoms with E-state index in [2.05, 4.69) is 20.8 Å². The standard InChI is InChI=1S/C13H18N6O/c1-15-13(20)9-3-4-11(10(14)7-9)16-6-5-12-18-17-8-19(12)2/h3-4,7-8,16H,5-6,14H2,1-2H3,(H,15,20). The van der Waals surface area contributed by atoms with Gasteiger partial charge < -0.3 is 20.9 Å². The van der Waals surface area contributed by atoms with Crippen molar-refractivity contribution in [1.29, 1.82) is 0 Å². The van der Waals surface area contributed by atoms with Crippen LogP contribution in [0.1, 0.15) is 16.2 Å². The summed E-state index contributed by atoms with van der Waals surface area (Å²) >= 11 is 0. The number of aromatic nitrogens is 3. The lowest BCUT2D eigenvalue weighted by atomic mass is 10.1. The van der Waals surface area contributed by atoms with E-state index in [-0.39, 0.29) is 5.91 Å². The van der Waals surface area contributed by atoms with Crippen molar-refractivity contribution in [2.45, 2.75) is 6.42 Å². The smallest absolute Gasteiger partial charge is 0.251 e. The molecule has 1 aromatic heterocycles. The summed E-state index contributed by atoms with van der Waals surface area (Å²) in [5.74, 6) is 0.750. The second kappa shape index (κ2) is 6.05. The Kier molecular flexibility index (Phi) is 4.19. The van der Waals surface area contributed by atoms with Gasteiger partial charge in [0.05, 0.1) is 11.4 Å². The lowest BCUT2D eigenvalue weighted by molar-refractivity contribution is 0.0963. The van der Waals surface area contributed by atoms with Crippen LogP contribution in [0.25, 0.3) is 0 Å². The van der Waals surface area contributed by atoms with Gasteiger partial charge in [-0.15, -0.1) is 10.2 Å². The van der Waals surface area contributed by atoms with E-state index >= 15 is 0 Å². The highest BCUT2D eigenvalue weighted by atomic mass is 16.1. The summed E-state index contributed by atoms with van der Waals surface area (Å²) in [4.78, 5) is 11.5. The van der Waals surface area contributed by atoms with E-state index in [1.165, 1.54) is 0 Å². The molecular formula is C13H18N6O. The molecule has 4 N–H and O–H groups in total. The highest BCUT2D eigenvalue weighted by Crippen LogP contribution is 2.19. The molecule has 106 valence electrons. The Hall–Kier alpha value is -2.57. The van der Waals surface area contributed by atoms with Crippen molar-refractivity contribution in [2.75, 3.05) is 24.6 Å². The number of rotatable bonds is 5. The van der Waals surface area contributed by atoms with Crippen LogP contribution in [-0.2, 0) is 13.5 Å². The van der Waals surface area contributed by atoms with Gasteiger partial charge in [0.25, 0.3) is 5.91 Å². The number of carbonyl (C=O) groups is 1. The number of nitrogens with two attached hydrogens (primary N) is 1. The summed E-state index contributed by atoms with van der Waals surface area (Å²) < 4.78 is 1.87. The van der Waals surface area contributed by atoms with E-state index in [9.17, 15) is 4.79 Å². The molecule has 20 heavy (non-hydrogen) atoms. The average Bonchev–Trinajstić information content (AvgIpc) is 2.85. The molecule has 1 heterocycles. The molecule has 0 radical (unpaired) electrons. The molecule has 0 saturated heterocycles. The van der Waals surface area contributed by atoms with Crippen LogP contribution >= 0.6 is 0 Å². The molecule has 0 saturated carbocycles. The van der Waals surface area contributed by atoms with Gasteiger partial charge in [-0.25, -0.2) is 0 Å². The first-order valence-electron chi connectivity index (χ1n) is 6.30. The summed E-state index contributed by atoms with van der Waals surface area (Å²) in [5.41, 5.74) is 7.82. The summed E-state index contributed by atoms with van der Waals surface area (Å²) in [5, 5.41) is 13.6.